The van der Waals surface area contributed by atoms with Crippen molar-refractivity contribution >= 4 is 17.5 Å². The van der Waals surface area contributed by atoms with Gasteiger partial charge in [-0.05, 0) is 13.8 Å². The molecule has 0 saturated carbocycles. The Hall–Kier alpha value is -1.85. The van der Waals surface area contributed by atoms with E-state index in [4.69, 9.17) is 0 Å². The highest BCUT2D eigenvalue weighted by Gasteiger charge is 2.38. The second-order valence-corrected chi connectivity index (χ2v) is 5.10. The minimum absolute atomic E-state index is 0.0291. The number of nitrogens with one attached hydrogen (secondary N) is 2. The lowest BCUT2D eigenvalue weighted by Gasteiger charge is -2.42. The molecule has 104 valence electrons. The zero-order valence-electron chi connectivity index (χ0n) is 11.9. The van der Waals surface area contributed by atoms with Crippen molar-refractivity contribution in [3.63, 3.8) is 0 Å². The first kappa shape index (κ1) is 13.6. The summed E-state index contributed by atoms with van der Waals surface area (Å²) in [5.74, 6) is 2.39. The molecule has 0 aromatic carbocycles. The van der Waals surface area contributed by atoms with Crippen LogP contribution >= 0.6 is 0 Å². The SMILES string of the molecule is CCc1nc(NC)cc(N2CCNC(=O)C2(C)C)n1. The highest BCUT2D eigenvalue weighted by molar-refractivity contribution is 5.90. The Labute approximate surface area is 113 Å². The van der Waals surface area contributed by atoms with Gasteiger partial charge in [0.2, 0.25) is 5.91 Å². The normalized spacial score (nSPS) is 18.1. The lowest BCUT2D eigenvalue weighted by atomic mass is 9.99. The third-order valence-corrected chi connectivity index (χ3v) is 3.46. The number of nitrogens with zero attached hydrogens (tertiary/aromatic N) is 3. The molecule has 0 atom stereocenters. The summed E-state index contributed by atoms with van der Waals surface area (Å²) < 4.78 is 0. The number of amides is 1. The van der Waals surface area contributed by atoms with Gasteiger partial charge in [0, 0.05) is 32.6 Å². The first-order valence-corrected chi connectivity index (χ1v) is 6.60. The number of carbonyl (C=O) groups excluding carboxylic acids is 1. The van der Waals surface area contributed by atoms with Gasteiger partial charge in [0.15, 0.2) is 0 Å². The average Bonchev–Trinajstić information content (AvgIpc) is 2.41. The molecular formula is C13H21N5O. The van der Waals surface area contributed by atoms with E-state index in [0.29, 0.717) is 6.54 Å². The largest absolute Gasteiger partial charge is 0.373 e. The van der Waals surface area contributed by atoms with E-state index in [1.54, 1.807) is 0 Å². The summed E-state index contributed by atoms with van der Waals surface area (Å²) in [7, 11) is 1.83. The molecule has 6 nitrogen and oxygen atoms in total. The van der Waals surface area contributed by atoms with Gasteiger partial charge in [0.1, 0.15) is 23.0 Å². The van der Waals surface area contributed by atoms with Gasteiger partial charge < -0.3 is 15.5 Å². The zero-order valence-corrected chi connectivity index (χ0v) is 11.9. The molecule has 2 rings (SSSR count). The fraction of sp³-hybridized carbons (Fsp3) is 0.615. The number of aromatic nitrogens is 2. The maximum atomic E-state index is 12.0. The molecule has 1 aromatic heterocycles. The van der Waals surface area contributed by atoms with Gasteiger partial charge in [-0.15, -0.1) is 0 Å². The molecule has 0 unspecified atom stereocenters. The zero-order chi connectivity index (χ0) is 14.0. The fourth-order valence-corrected chi connectivity index (χ4v) is 2.21. The number of hydrogen-bond donors (Lipinski definition) is 2. The Bertz CT molecular complexity index is 464. The Balaban J connectivity index is 2.42. The van der Waals surface area contributed by atoms with E-state index >= 15 is 0 Å². The molecule has 1 aliphatic heterocycles. The molecule has 1 amide bonds. The van der Waals surface area contributed by atoms with E-state index in [2.05, 4.69) is 20.6 Å². The second-order valence-electron chi connectivity index (χ2n) is 5.10. The molecule has 2 N–H and O–H groups in total. The van der Waals surface area contributed by atoms with E-state index in [1.165, 1.54) is 0 Å². The summed E-state index contributed by atoms with van der Waals surface area (Å²) in [6, 6.07) is 1.89. The highest BCUT2D eigenvalue weighted by Crippen LogP contribution is 2.26. The number of piperazine rings is 1. The number of hydrogen-bond acceptors (Lipinski definition) is 5. The van der Waals surface area contributed by atoms with Crippen LogP contribution in [0.2, 0.25) is 0 Å². The van der Waals surface area contributed by atoms with E-state index in [9.17, 15) is 4.79 Å². The van der Waals surface area contributed by atoms with Gasteiger partial charge >= 0.3 is 0 Å². The van der Waals surface area contributed by atoms with Gasteiger partial charge in [-0.1, -0.05) is 6.92 Å². The third-order valence-electron chi connectivity index (χ3n) is 3.46. The Morgan fingerprint density at radius 3 is 2.84 bits per heavy atom. The molecule has 0 aliphatic carbocycles. The lowest BCUT2D eigenvalue weighted by molar-refractivity contribution is -0.126. The standard InChI is InChI=1S/C13H21N5O/c1-5-9-16-10(14-4)8-11(17-9)18-7-6-15-12(19)13(18,2)3/h8H,5-7H2,1-4H3,(H,15,19)(H,14,16,17). The third kappa shape index (κ3) is 2.47. The van der Waals surface area contributed by atoms with Crippen LogP contribution in [0.15, 0.2) is 6.07 Å². The van der Waals surface area contributed by atoms with E-state index in [1.807, 2.05) is 38.8 Å². The topological polar surface area (TPSA) is 70.2 Å². The molecule has 1 saturated heterocycles. The molecule has 1 aliphatic rings. The van der Waals surface area contributed by atoms with Crippen molar-refractivity contribution in [2.24, 2.45) is 0 Å². The Morgan fingerprint density at radius 1 is 1.47 bits per heavy atom. The van der Waals surface area contributed by atoms with Crippen molar-refractivity contribution in [1.29, 1.82) is 0 Å². The molecular weight excluding hydrogens is 242 g/mol. The van der Waals surface area contributed by atoms with E-state index in [-0.39, 0.29) is 5.91 Å². The van der Waals surface area contributed by atoms with Crippen LogP contribution in [0.25, 0.3) is 0 Å². The quantitative estimate of drug-likeness (QED) is 0.844. The van der Waals surface area contributed by atoms with Crippen molar-refractivity contribution in [3.05, 3.63) is 11.9 Å². The first-order valence-electron chi connectivity index (χ1n) is 6.60. The first-order chi connectivity index (χ1) is 8.98. The number of rotatable bonds is 3. The molecule has 1 fully saturated rings. The second kappa shape index (κ2) is 5.03. The summed E-state index contributed by atoms with van der Waals surface area (Å²) in [6.07, 6.45) is 0.767. The monoisotopic (exact) mass is 263 g/mol. The van der Waals surface area contributed by atoms with Crippen LogP contribution in [-0.2, 0) is 11.2 Å². The van der Waals surface area contributed by atoms with Gasteiger partial charge in [-0.25, -0.2) is 9.97 Å². The Kier molecular flexibility index (Phi) is 3.59. The molecule has 0 spiro atoms. The van der Waals surface area contributed by atoms with Crippen LogP contribution < -0.4 is 15.5 Å². The molecule has 0 radical (unpaired) electrons. The van der Waals surface area contributed by atoms with Gasteiger partial charge in [0.05, 0.1) is 0 Å². The van der Waals surface area contributed by atoms with Gasteiger partial charge in [-0.2, -0.15) is 0 Å². The molecule has 2 heterocycles. The van der Waals surface area contributed by atoms with E-state index < -0.39 is 5.54 Å². The van der Waals surface area contributed by atoms with E-state index in [0.717, 1.165) is 30.4 Å². The van der Waals surface area contributed by atoms with Gasteiger partial charge in [0.25, 0.3) is 0 Å². The van der Waals surface area contributed by atoms with Crippen LogP contribution in [0.3, 0.4) is 0 Å². The average molecular weight is 263 g/mol. The summed E-state index contributed by atoms with van der Waals surface area (Å²) in [5, 5.41) is 5.93. The maximum absolute atomic E-state index is 12.0. The predicted molar refractivity (Wildman–Crippen MR) is 75.4 cm³/mol. The summed E-state index contributed by atoms with van der Waals surface area (Å²) in [6.45, 7) is 7.24. The van der Waals surface area contributed by atoms with Crippen LogP contribution in [0, 0.1) is 0 Å². The van der Waals surface area contributed by atoms with Crippen LogP contribution in [0.4, 0.5) is 11.6 Å². The summed E-state index contributed by atoms with van der Waals surface area (Å²) in [4.78, 5) is 23.0. The maximum Gasteiger partial charge on any atom is 0.245 e. The summed E-state index contributed by atoms with van der Waals surface area (Å²) in [5.41, 5.74) is -0.595. The molecule has 0 bridgehead atoms. The van der Waals surface area contributed by atoms with Crippen molar-refractivity contribution in [3.8, 4) is 0 Å². The summed E-state index contributed by atoms with van der Waals surface area (Å²) >= 11 is 0. The highest BCUT2D eigenvalue weighted by atomic mass is 16.2. The number of carbonyl (C=O) groups is 1. The van der Waals surface area contributed by atoms with Crippen LogP contribution in [-0.4, -0.2) is 41.6 Å². The minimum Gasteiger partial charge on any atom is -0.373 e. The molecule has 19 heavy (non-hydrogen) atoms. The Morgan fingerprint density at radius 2 is 2.21 bits per heavy atom. The minimum atomic E-state index is -0.595. The predicted octanol–water partition coefficient (Wildman–Crippen LogP) is 0.795. The van der Waals surface area contributed by atoms with Crippen molar-refractivity contribution in [1.82, 2.24) is 15.3 Å². The van der Waals surface area contributed by atoms with Crippen molar-refractivity contribution in [2.45, 2.75) is 32.7 Å². The van der Waals surface area contributed by atoms with Crippen LogP contribution in [0.5, 0.6) is 0 Å². The van der Waals surface area contributed by atoms with Crippen LogP contribution in [0.1, 0.15) is 26.6 Å². The molecule has 1 aromatic rings. The fourth-order valence-electron chi connectivity index (χ4n) is 2.21. The van der Waals surface area contributed by atoms with Gasteiger partial charge in [-0.3, -0.25) is 4.79 Å². The smallest absolute Gasteiger partial charge is 0.245 e. The number of anilines is 2. The van der Waals surface area contributed by atoms with Crippen molar-refractivity contribution < 1.29 is 4.79 Å². The molecule has 6 heteroatoms. The van der Waals surface area contributed by atoms with Crippen molar-refractivity contribution in [2.75, 3.05) is 30.4 Å². The lowest BCUT2D eigenvalue weighted by Crippen LogP contribution is -2.62. The number of aryl methyl sites for hydroxylation is 1.